The number of nitrogens with zero attached hydrogens (tertiary/aromatic N) is 1. The molecule has 5 heteroatoms. The number of halogens is 2. The summed E-state index contributed by atoms with van der Waals surface area (Å²) in [7, 11) is 0. The molecule has 0 spiro atoms. The zero-order valence-corrected chi connectivity index (χ0v) is 9.24. The Morgan fingerprint density at radius 2 is 1.83 bits per heavy atom. The first-order chi connectivity index (χ1) is 8.72. The number of H-pyrrole nitrogens is 1. The van der Waals surface area contributed by atoms with Crippen molar-refractivity contribution in [1.29, 1.82) is 0 Å². The van der Waals surface area contributed by atoms with Crippen molar-refractivity contribution >= 4 is 22.7 Å². The van der Waals surface area contributed by atoms with Crippen LogP contribution in [0.3, 0.4) is 0 Å². The van der Waals surface area contributed by atoms with Gasteiger partial charge in [-0.15, -0.1) is 0 Å². The van der Waals surface area contributed by atoms with Crippen LogP contribution < -0.4 is 5.32 Å². The fraction of sp³-hybridized carbons (Fsp3) is 0. The van der Waals surface area contributed by atoms with Crippen molar-refractivity contribution < 1.29 is 8.78 Å². The highest BCUT2D eigenvalue weighted by Crippen LogP contribution is 2.19. The molecule has 2 aromatic carbocycles. The second-order valence-electron chi connectivity index (χ2n) is 3.86. The summed E-state index contributed by atoms with van der Waals surface area (Å²) in [6.45, 7) is 0. The quantitative estimate of drug-likeness (QED) is 0.724. The lowest BCUT2D eigenvalue weighted by atomic mass is 10.3. The van der Waals surface area contributed by atoms with Crippen molar-refractivity contribution in [2.45, 2.75) is 0 Å². The second-order valence-corrected chi connectivity index (χ2v) is 3.86. The van der Waals surface area contributed by atoms with Gasteiger partial charge in [-0.1, -0.05) is 12.1 Å². The van der Waals surface area contributed by atoms with Crippen molar-refractivity contribution in [3.63, 3.8) is 0 Å². The Balaban J connectivity index is 1.93. The van der Waals surface area contributed by atoms with Crippen molar-refractivity contribution in [3.05, 3.63) is 54.1 Å². The van der Waals surface area contributed by atoms with E-state index in [9.17, 15) is 8.78 Å². The van der Waals surface area contributed by atoms with Gasteiger partial charge in [-0.2, -0.15) is 0 Å². The van der Waals surface area contributed by atoms with Crippen LogP contribution in [0, 0.1) is 11.6 Å². The average molecular weight is 245 g/mol. The van der Waals surface area contributed by atoms with Gasteiger partial charge in [0, 0.05) is 11.8 Å². The average Bonchev–Trinajstić information content (AvgIpc) is 2.76. The standard InChI is InChI=1S/C13H9F2N3/c14-9-6-5-8(7-10(9)15)16-13-17-11-3-1-2-4-12(11)18-13/h1-7H,(H2,16,17,18). The maximum atomic E-state index is 13.0. The highest BCUT2D eigenvalue weighted by molar-refractivity contribution is 5.78. The Kier molecular flexibility index (Phi) is 2.44. The SMILES string of the molecule is Fc1ccc(Nc2nc3ccccc3[nH]2)cc1F. The van der Waals surface area contributed by atoms with E-state index in [0.717, 1.165) is 23.2 Å². The summed E-state index contributed by atoms with van der Waals surface area (Å²) in [4.78, 5) is 7.32. The molecule has 3 rings (SSSR count). The lowest BCUT2D eigenvalue weighted by Crippen LogP contribution is -1.94. The van der Waals surface area contributed by atoms with Gasteiger partial charge in [-0.25, -0.2) is 13.8 Å². The molecule has 0 aliphatic carbocycles. The molecule has 90 valence electrons. The minimum absolute atomic E-state index is 0.438. The van der Waals surface area contributed by atoms with Crippen LogP contribution in [0.15, 0.2) is 42.5 Å². The van der Waals surface area contributed by atoms with Crippen LogP contribution in [-0.4, -0.2) is 9.97 Å². The highest BCUT2D eigenvalue weighted by Gasteiger charge is 2.05. The van der Waals surface area contributed by atoms with Crippen LogP contribution in [0.2, 0.25) is 0 Å². The number of para-hydroxylation sites is 2. The molecule has 0 fully saturated rings. The molecule has 2 N–H and O–H groups in total. The van der Waals surface area contributed by atoms with E-state index in [2.05, 4.69) is 15.3 Å². The van der Waals surface area contributed by atoms with Gasteiger partial charge in [-0.3, -0.25) is 0 Å². The van der Waals surface area contributed by atoms with Gasteiger partial charge < -0.3 is 10.3 Å². The summed E-state index contributed by atoms with van der Waals surface area (Å²) in [5.41, 5.74) is 2.12. The Bertz CT molecular complexity index is 673. The first kappa shape index (κ1) is 10.7. The summed E-state index contributed by atoms with van der Waals surface area (Å²) in [6.07, 6.45) is 0. The molecule has 3 nitrogen and oxygen atoms in total. The number of rotatable bonds is 2. The van der Waals surface area contributed by atoms with Crippen molar-refractivity contribution in [3.8, 4) is 0 Å². The fourth-order valence-corrected chi connectivity index (χ4v) is 1.72. The number of imidazole rings is 1. The van der Waals surface area contributed by atoms with Gasteiger partial charge >= 0.3 is 0 Å². The summed E-state index contributed by atoms with van der Waals surface area (Å²) < 4.78 is 25.8. The number of anilines is 2. The second kappa shape index (κ2) is 4.10. The van der Waals surface area contributed by atoms with E-state index in [1.54, 1.807) is 0 Å². The van der Waals surface area contributed by atoms with Crippen LogP contribution in [-0.2, 0) is 0 Å². The van der Waals surface area contributed by atoms with Crippen LogP contribution in [0.25, 0.3) is 11.0 Å². The van der Waals surface area contributed by atoms with E-state index in [0.29, 0.717) is 11.6 Å². The molecule has 0 unspecified atom stereocenters. The molecule has 0 aliphatic heterocycles. The van der Waals surface area contributed by atoms with Gasteiger partial charge in [0.1, 0.15) is 0 Å². The Morgan fingerprint density at radius 3 is 2.61 bits per heavy atom. The number of aromatic amines is 1. The van der Waals surface area contributed by atoms with Gasteiger partial charge in [0.2, 0.25) is 5.95 Å². The third-order valence-electron chi connectivity index (χ3n) is 2.57. The summed E-state index contributed by atoms with van der Waals surface area (Å²) >= 11 is 0. The monoisotopic (exact) mass is 245 g/mol. The summed E-state index contributed by atoms with van der Waals surface area (Å²) in [5, 5.41) is 2.89. The number of nitrogens with one attached hydrogen (secondary N) is 2. The Hall–Kier alpha value is -2.43. The van der Waals surface area contributed by atoms with Crippen molar-refractivity contribution in [1.82, 2.24) is 9.97 Å². The van der Waals surface area contributed by atoms with E-state index in [1.165, 1.54) is 6.07 Å². The first-order valence-corrected chi connectivity index (χ1v) is 5.39. The maximum Gasteiger partial charge on any atom is 0.205 e. The molecule has 0 bridgehead atoms. The van der Waals surface area contributed by atoms with Crippen molar-refractivity contribution in [2.75, 3.05) is 5.32 Å². The van der Waals surface area contributed by atoms with E-state index in [4.69, 9.17) is 0 Å². The predicted octanol–water partition coefficient (Wildman–Crippen LogP) is 3.58. The number of aromatic nitrogens is 2. The lowest BCUT2D eigenvalue weighted by Gasteiger charge is -2.02. The van der Waals surface area contributed by atoms with Crippen LogP contribution in [0.5, 0.6) is 0 Å². The largest absolute Gasteiger partial charge is 0.326 e. The zero-order valence-electron chi connectivity index (χ0n) is 9.24. The predicted molar refractivity (Wildman–Crippen MR) is 65.7 cm³/mol. The molecule has 0 amide bonds. The molecule has 0 saturated carbocycles. The third-order valence-corrected chi connectivity index (χ3v) is 2.57. The zero-order chi connectivity index (χ0) is 12.5. The smallest absolute Gasteiger partial charge is 0.205 e. The van der Waals surface area contributed by atoms with Gasteiger partial charge in [0.05, 0.1) is 11.0 Å². The molecule has 0 atom stereocenters. The number of benzene rings is 2. The normalized spacial score (nSPS) is 10.8. The van der Waals surface area contributed by atoms with E-state index in [-0.39, 0.29) is 0 Å². The number of hydrogen-bond acceptors (Lipinski definition) is 2. The van der Waals surface area contributed by atoms with Crippen LogP contribution >= 0.6 is 0 Å². The van der Waals surface area contributed by atoms with E-state index in [1.807, 2.05) is 24.3 Å². The number of hydrogen-bond donors (Lipinski definition) is 2. The minimum atomic E-state index is -0.892. The van der Waals surface area contributed by atoms with E-state index < -0.39 is 11.6 Å². The minimum Gasteiger partial charge on any atom is -0.326 e. The topological polar surface area (TPSA) is 40.7 Å². The molecular weight excluding hydrogens is 236 g/mol. The maximum absolute atomic E-state index is 13.0. The lowest BCUT2D eigenvalue weighted by molar-refractivity contribution is 0.509. The molecule has 0 radical (unpaired) electrons. The molecule has 0 aliphatic rings. The Labute approximate surface area is 101 Å². The van der Waals surface area contributed by atoms with Crippen LogP contribution in [0.1, 0.15) is 0 Å². The Morgan fingerprint density at radius 1 is 1.00 bits per heavy atom. The molecule has 18 heavy (non-hydrogen) atoms. The van der Waals surface area contributed by atoms with Gasteiger partial charge in [0.25, 0.3) is 0 Å². The summed E-state index contributed by atoms with van der Waals surface area (Å²) in [5.74, 6) is -1.27. The fourth-order valence-electron chi connectivity index (χ4n) is 1.72. The van der Waals surface area contributed by atoms with E-state index >= 15 is 0 Å². The first-order valence-electron chi connectivity index (χ1n) is 5.39. The molecule has 3 aromatic rings. The van der Waals surface area contributed by atoms with Crippen molar-refractivity contribution in [2.24, 2.45) is 0 Å². The molecule has 1 heterocycles. The highest BCUT2D eigenvalue weighted by atomic mass is 19.2. The molecule has 1 aromatic heterocycles. The third kappa shape index (κ3) is 1.90. The molecule has 0 saturated heterocycles. The van der Waals surface area contributed by atoms with Gasteiger partial charge in [0.15, 0.2) is 11.6 Å². The number of fused-ring (bicyclic) bond motifs is 1. The van der Waals surface area contributed by atoms with Crippen LogP contribution in [0.4, 0.5) is 20.4 Å². The summed E-state index contributed by atoms with van der Waals surface area (Å²) in [6, 6.07) is 11.1. The molecular formula is C13H9F2N3. The van der Waals surface area contributed by atoms with Gasteiger partial charge in [-0.05, 0) is 24.3 Å².